The Hall–Kier alpha value is -5.22. The smallest absolute Gasteiger partial charge is 0.176 e. The fourth-order valence-corrected chi connectivity index (χ4v) is 5.92. The lowest BCUT2D eigenvalue weighted by atomic mass is 9.97. The summed E-state index contributed by atoms with van der Waals surface area (Å²) >= 11 is 0. The third-order valence-corrected chi connectivity index (χ3v) is 8.03. The first-order valence-corrected chi connectivity index (χ1v) is 14.1. The molecule has 0 saturated carbocycles. The quantitative estimate of drug-likeness (QED) is 0.231. The number of aromatic nitrogens is 2. The monoisotopic (exact) mass is 529 g/mol. The van der Waals surface area contributed by atoms with E-state index < -0.39 is 0 Å². The Morgan fingerprint density at radius 2 is 1.34 bits per heavy atom. The van der Waals surface area contributed by atoms with E-state index in [1.54, 1.807) is 0 Å². The zero-order valence-corrected chi connectivity index (χ0v) is 22.4. The topological polar surface area (TPSA) is 47.0 Å². The lowest BCUT2D eigenvalue weighted by molar-refractivity contribution is 0.204. The second-order valence-corrected chi connectivity index (χ2v) is 10.6. The first kappa shape index (κ1) is 23.6. The molecule has 2 atom stereocenters. The van der Waals surface area contributed by atoms with E-state index in [2.05, 4.69) is 102 Å². The van der Waals surface area contributed by atoms with Crippen molar-refractivity contribution < 1.29 is 4.74 Å². The lowest BCUT2D eigenvalue weighted by Crippen LogP contribution is -2.29. The maximum Gasteiger partial charge on any atom is 0.176 e. The maximum atomic E-state index is 6.43. The summed E-state index contributed by atoms with van der Waals surface area (Å²) in [7, 11) is 0. The van der Waals surface area contributed by atoms with Crippen molar-refractivity contribution in [3.8, 4) is 39.7 Å². The summed E-state index contributed by atoms with van der Waals surface area (Å²) in [4.78, 5) is 10.1. The Morgan fingerprint density at radius 3 is 2.05 bits per heavy atom. The van der Waals surface area contributed by atoms with Crippen LogP contribution in [-0.2, 0) is 0 Å². The normalized spacial score (nSPS) is 17.4. The van der Waals surface area contributed by atoms with Gasteiger partial charge < -0.3 is 10.1 Å². The van der Waals surface area contributed by atoms with Crippen molar-refractivity contribution in [2.24, 2.45) is 5.92 Å². The SMILES string of the molecule is C1=CCC(C2Nc3c(ccc4ccc5ccc(-c6nc(-c7ccccc7)cc(-c7ccccc7)n6)cc5c34)O2)C=C1. The van der Waals surface area contributed by atoms with Crippen LogP contribution in [0.2, 0.25) is 0 Å². The van der Waals surface area contributed by atoms with Crippen LogP contribution in [0.25, 0.3) is 55.4 Å². The van der Waals surface area contributed by atoms with E-state index in [4.69, 9.17) is 14.7 Å². The van der Waals surface area contributed by atoms with Gasteiger partial charge in [-0.3, -0.25) is 0 Å². The predicted molar refractivity (Wildman–Crippen MR) is 168 cm³/mol. The molecule has 0 saturated heterocycles. The number of hydrogen-bond donors (Lipinski definition) is 1. The van der Waals surface area contributed by atoms with Gasteiger partial charge in [0.05, 0.1) is 17.1 Å². The minimum absolute atomic E-state index is 0.0884. The minimum Gasteiger partial charge on any atom is -0.468 e. The summed E-state index contributed by atoms with van der Waals surface area (Å²) < 4.78 is 6.43. The number of anilines is 1. The number of allylic oxidation sites excluding steroid dienone is 3. The number of benzene rings is 5. The zero-order valence-electron chi connectivity index (χ0n) is 22.4. The molecule has 0 amide bonds. The first-order valence-electron chi connectivity index (χ1n) is 14.1. The second kappa shape index (κ2) is 9.76. The second-order valence-electron chi connectivity index (χ2n) is 10.6. The highest BCUT2D eigenvalue weighted by Crippen LogP contribution is 2.44. The van der Waals surface area contributed by atoms with E-state index >= 15 is 0 Å². The molecule has 41 heavy (non-hydrogen) atoms. The van der Waals surface area contributed by atoms with Gasteiger partial charge in [-0.05, 0) is 40.8 Å². The van der Waals surface area contributed by atoms with E-state index in [0.717, 1.165) is 51.3 Å². The molecule has 4 heteroatoms. The Kier molecular flexibility index (Phi) is 5.63. The van der Waals surface area contributed by atoms with Gasteiger partial charge in [0, 0.05) is 28.0 Å². The van der Waals surface area contributed by atoms with Gasteiger partial charge in [-0.25, -0.2) is 9.97 Å². The van der Waals surface area contributed by atoms with Gasteiger partial charge in [0.1, 0.15) is 5.75 Å². The molecule has 196 valence electrons. The third kappa shape index (κ3) is 4.25. The van der Waals surface area contributed by atoms with Crippen molar-refractivity contribution in [1.82, 2.24) is 9.97 Å². The van der Waals surface area contributed by atoms with Crippen molar-refractivity contribution in [2.75, 3.05) is 5.32 Å². The molecule has 0 bridgehead atoms. The van der Waals surface area contributed by atoms with Gasteiger partial charge in [0.25, 0.3) is 0 Å². The molecule has 2 heterocycles. The Balaban J connectivity index is 1.29. The van der Waals surface area contributed by atoms with E-state index in [1.165, 1.54) is 16.2 Å². The molecular weight excluding hydrogens is 502 g/mol. The molecule has 0 spiro atoms. The number of fused-ring (bicyclic) bond motifs is 5. The van der Waals surface area contributed by atoms with E-state index in [-0.39, 0.29) is 6.23 Å². The standard InChI is InChI=1S/C37H27N3O/c1-4-10-25(11-5-1)31-23-32(26-12-6-2-7-13-26)39-36(38-31)29-19-17-24-16-18-27-20-21-33-35(34(27)30(24)22-29)40-37(41-33)28-14-8-3-9-15-28/h1-14,16-23,28,37,40H,15H2. The maximum absolute atomic E-state index is 6.43. The van der Waals surface area contributed by atoms with Gasteiger partial charge in [0.15, 0.2) is 12.1 Å². The van der Waals surface area contributed by atoms with Crippen molar-refractivity contribution in [2.45, 2.75) is 12.6 Å². The van der Waals surface area contributed by atoms with Gasteiger partial charge in [0.2, 0.25) is 0 Å². The van der Waals surface area contributed by atoms with E-state index in [1.807, 2.05) is 36.4 Å². The molecule has 1 aliphatic carbocycles. The van der Waals surface area contributed by atoms with Gasteiger partial charge in [-0.1, -0.05) is 115 Å². The Labute approximate surface area is 238 Å². The molecule has 1 aliphatic heterocycles. The summed E-state index contributed by atoms with van der Waals surface area (Å²) in [6.07, 6.45) is 9.50. The van der Waals surface area contributed by atoms with Gasteiger partial charge >= 0.3 is 0 Å². The summed E-state index contributed by atoms with van der Waals surface area (Å²) in [6, 6.07) is 37.8. The van der Waals surface area contributed by atoms with Crippen molar-refractivity contribution in [1.29, 1.82) is 0 Å². The molecule has 5 aromatic carbocycles. The highest BCUT2D eigenvalue weighted by Gasteiger charge is 2.30. The fourth-order valence-electron chi connectivity index (χ4n) is 5.92. The average molecular weight is 530 g/mol. The number of nitrogens with one attached hydrogen (secondary N) is 1. The number of rotatable bonds is 4. The minimum atomic E-state index is -0.0884. The summed E-state index contributed by atoms with van der Waals surface area (Å²) in [5.74, 6) is 1.90. The fraction of sp³-hybridized carbons (Fsp3) is 0.0811. The van der Waals surface area contributed by atoms with Crippen LogP contribution in [0.1, 0.15) is 6.42 Å². The number of ether oxygens (including phenoxy) is 1. The van der Waals surface area contributed by atoms with Crippen LogP contribution >= 0.6 is 0 Å². The van der Waals surface area contributed by atoms with Gasteiger partial charge in [-0.15, -0.1) is 0 Å². The molecule has 0 radical (unpaired) electrons. The molecule has 6 aromatic rings. The largest absolute Gasteiger partial charge is 0.468 e. The van der Waals surface area contributed by atoms with Crippen LogP contribution < -0.4 is 10.1 Å². The summed E-state index contributed by atoms with van der Waals surface area (Å²) in [6.45, 7) is 0. The van der Waals surface area contributed by atoms with Crippen molar-refractivity contribution in [3.05, 3.63) is 133 Å². The molecule has 8 rings (SSSR count). The number of hydrogen-bond acceptors (Lipinski definition) is 4. The molecule has 4 nitrogen and oxygen atoms in total. The zero-order chi connectivity index (χ0) is 27.2. The molecule has 1 N–H and O–H groups in total. The van der Waals surface area contributed by atoms with Crippen LogP contribution in [0.15, 0.2) is 133 Å². The molecule has 2 aliphatic rings. The van der Waals surface area contributed by atoms with Crippen LogP contribution in [0.5, 0.6) is 5.75 Å². The Bertz CT molecular complexity index is 1920. The average Bonchev–Trinajstić information content (AvgIpc) is 3.50. The van der Waals surface area contributed by atoms with Gasteiger partial charge in [-0.2, -0.15) is 0 Å². The highest BCUT2D eigenvalue weighted by molar-refractivity contribution is 6.15. The van der Waals surface area contributed by atoms with Crippen LogP contribution in [0.4, 0.5) is 5.69 Å². The van der Waals surface area contributed by atoms with Crippen LogP contribution in [0, 0.1) is 5.92 Å². The van der Waals surface area contributed by atoms with E-state index in [0.29, 0.717) is 11.7 Å². The summed E-state index contributed by atoms with van der Waals surface area (Å²) in [5, 5.41) is 8.39. The lowest BCUT2D eigenvalue weighted by Gasteiger charge is -2.20. The third-order valence-electron chi connectivity index (χ3n) is 8.03. The Morgan fingerprint density at radius 1 is 0.659 bits per heavy atom. The summed E-state index contributed by atoms with van der Waals surface area (Å²) in [5.41, 5.74) is 5.98. The van der Waals surface area contributed by atoms with Crippen molar-refractivity contribution in [3.63, 3.8) is 0 Å². The number of nitrogens with zero attached hydrogens (tertiary/aromatic N) is 2. The van der Waals surface area contributed by atoms with E-state index in [9.17, 15) is 0 Å². The molecule has 0 fully saturated rings. The molecule has 2 unspecified atom stereocenters. The van der Waals surface area contributed by atoms with Crippen LogP contribution in [-0.4, -0.2) is 16.2 Å². The van der Waals surface area contributed by atoms with Crippen LogP contribution in [0.3, 0.4) is 0 Å². The van der Waals surface area contributed by atoms with Crippen molar-refractivity contribution >= 4 is 27.2 Å². The highest BCUT2D eigenvalue weighted by atomic mass is 16.5. The predicted octanol–water partition coefficient (Wildman–Crippen LogP) is 9.05. The molecular formula is C37H27N3O. The first-order chi connectivity index (χ1) is 20.3. The molecule has 1 aromatic heterocycles.